The summed E-state index contributed by atoms with van der Waals surface area (Å²) in [5, 5.41) is 3.16. The standard InChI is InChI=1S/C11H14BrF2N3.2ClH/c12-9-2-1-8(7-16-9)10(11(13)14)17-5-3-15-4-6-17;;/h1-2,7,10-11,15H,3-6H2;2*1H/t10-;;/m0../s1. The van der Waals surface area contributed by atoms with Crippen LogP contribution in [0.25, 0.3) is 0 Å². The van der Waals surface area contributed by atoms with Crippen molar-refractivity contribution in [2.45, 2.75) is 12.5 Å². The van der Waals surface area contributed by atoms with E-state index < -0.39 is 12.5 Å². The summed E-state index contributed by atoms with van der Waals surface area (Å²) in [6, 6.07) is 2.56. The number of alkyl halides is 2. The van der Waals surface area contributed by atoms with Crippen LogP contribution in [0.4, 0.5) is 8.78 Å². The number of hydrogen-bond acceptors (Lipinski definition) is 3. The van der Waals surface area contributed by atoms with Gasteiger partial charge in [0.2, 0.25) is 0 Å². The topological polar surface area (TPSA) is 28.2 Å². The number of hydrogen-bond donors (Lipinski definition) is 1. The van der Waals surface area contributed by atoms with Crippen molar-refractivity contribution in [3.63, 3.8) is 0 Å². The number of piperazine rings is 1. The molecule has 1 aromatic rings. The fourth-order valence-electron chi connectivity index (χ4n) is 2.04. The van der Waals surface area contributed by atoms with E-state index >= 15 is 0 Å². The van der Waals surface area contributed by atoms with Crippen LogP contribution in [0.1, 0.15) is 11.6 Å². The van der Waals surface area contributed by atoms with Gasteiger partial charge in [-0.05, 0) is 27.6 Å². The summed E-state index contributed by atoms with van der Waals surface area (Å²) in [5.74, 6) is 0. The summed E-state index contributed by atoms with van der Waals surface area (Å²) in [5.41, 5.74) is 0.574. The van der Waals surface area contributed by atoms with E-state index in [1.54, 1.807) is 12.1 Å². The maximum Gasteiger partial charge on any atom is 0.258 e. The Hall–Kier alpha value is -0.0100. The molecule has 19 heavy (non-hydrogen) atoms. The van der Waals surface area contributed by atoms with Crippen molar-refractivity contribution in [3.8, 4) is 0 Å². The van der Waals surface area contributed by atoms with E-state index in [4.69, 9.17) is 0 Å². The van der Waals surface area contributed by atoms with Crippen LogP contribution in [0.5, 0.6) is 0 Å². The maximum atomic E-state index is 13.2. The molecule has 0 spiro atoms. The first kappa shape index (κ1) is 19.0. The summed E-state index contributed by atoms with van der Waals surface area (Å²) in [6.45, 7) is 2.80. The summed E-state index contributed by atoms with van der Waals surface area (Å²) < 4.78 is 27.0. The maximum absolute atomic E-state index is 13.2. The van der Waals surface area contributed by atoms with Gasteiger partial charge in [-0.1, -0.05) is 6.07 Å². The first-order valence-corrected chi connectivity index (χ1v) is 6.32. The molecule has 3 nitrogen and oxygen atoms in total. The zero-order chi connectivity index (χ0) is 12.3. The Morgan fingerprint density at radius 3 is 2.32 bits per heavy atom. The molecule has 0 bridgehead atoms. The Labute approximate surface area is 132 Å². The van der Waals surface area contributed by atoms with Crippen molar-refractivity contribution < 1.29 is 8.78 Å². The normalized spacial score (nSPS) is 17.5. The fraction of sp³-hybridized carbons (Fsp3) is 0.545. The number of nitrogens with zero attached hydrogens (tertiary/aromatic N) is 2. The Morgan fingerprint density at radius 2 is 1.84 bits per heavy atom. The monoisotopic (exact) mass is 377 g/mol. The lowest BCUT2D eigenvalue weighted by atomic mass is 10.1. The Balaban J connectivity index is 0.00000162. The van der Waals surface area contributed by atoms with Gasteiger partial charge in [-0.2, -0.15) is 0 Å². The predicted octanol–water partition coefficient (Wildman–Crippen LogP) is 2.90. The van der Waals surface area contributed by atoms with Crippen molar-refractivity contribution in [3.05, 3.63) is 28.5 Å². The highest BCUT2D eigenvalue weighted by atomic mass is 79.9. The van der Waals surface area contributed by atoms with Crippen LogP contribution in [-0.2, 0) is 0 Å². The van der Waals surface area contributed by atoms with E-state index in [2.05, 4.69) is 26.2 Å². The zero-order valence-corrected chi connectivity index (χ0v) is 13.3. The van der Waals surface area contributed by atoms with Gasteiger partial charge >= 0.3 is 0 Å². The number of rotatable bonds is 3. The number of halogens is 5. The Bertz CT molecular complexity index is 361. The van der Waals surface area contributed by atoms with Gasteiger partial charge < -0.3 is 5.32 Å². The molecule has 1 fully saturated rings. The summed E-state index contributed by atoms with van der Waals surface area (Å²) in [4.78, 5) is 5.83. The lowest BCUT2D eigenvalue weighted by Gasteiger charge is -2.34. The molecule has 8 heteroatoms. The SMILES string of the molecule is Cl.Cl.FC(F)[C@H](c1ccc(Br)nc1)N1CCNCC1. The smallest absolute Gasteiger partial charge is 0.258 e. The van der Waals surface area contributed by atoms with Gasteiger partial charge in [0.25, 0.3) is 6.43 Å². The van der Waals surface area contributed by atoms with Gasteiger partial charge in [0, 0.05) is 32.4 Å². The van der Waals surface area contributed by atoms with Gasteiger partial charge in [-0.15, -0.1) is 24.8 Å². The van der Waals surface area contributed by atoms with Gasteiger partial charge in [0.1, 0.15) is 4.60 Å². The van der Waals surface area contributed by atoms with Crippen LogP contribution >= 0.6 is 40.7 Å². The molecule has 0 aromatic carbocycles. The molecule has 110 valence electrons. The molecule has 1 saturated heterocycles. The van der Waals surface area contributed by atoms with Gasteiger partial charge in [0.15, 0.2) is 0 Å². The van der Waals surface area contributed by atoms with E-state index in [0.29, 0.717) is 23.3 Å². The average Bonchev–Trinajstić information content (AvgIpc) is 2.33. The second kappa shape index (κ2) is 9.02. The third-order valence-corrected chi connectivity index (χ3v) is 3.34. The highest BCUT2D eigenvalue weighted by Gasteiger charge is 2.30. The minimum absolute atomic E-state index is 0. The molecule has 1 aliphatic rings. The highest BCUT2D eigenvalue weighted by Crippen LogP contribution is 2.27. The van der Waals surface area contributed by atoms with E-state index in [9.17, 15) is 8.78 Å². The molecule has 0 aliphatic carbocycles. The first-order valence-electron chi connectivity index (χ1n) is 5.53. The van der Waals surface area contributed by atoms with Crippen molar-refractivity contribution in [1.29, 1.82) is 0 Å². The molecular weight excluding hydrogens is 363 g/mol. The van der Waals surface area contributed by atoms with E-state index in [-0.39, 0.29) is 24.8 Å². The molecule has 1 atom stereocenters. The van der Waals surface area contributed by atoms with Crippen LogP contribution in [0.15, 0.2) is 22.9 Å². The molecule has 2 rings (SSSR count). The third-order valence-electron chi connectivity index (χ3n) is 2.88. The molecular formula is C11H16BrCl2F2N3. The number of aromatic nitrogens is 1. The van der Waals surface area contributed by atoms with Crippen LogP contribution < -0.4 is 5.32 Å². The highest BCUT2D eigenvalue weighted by molar-refractivity contribution is 9.10. The summed E-state index contributed by atoms with van der Waals surface area (Å²) in [6.07, 6.45) is -0.876. The predicted molar refractivity (Wildman–Crippen MR) is 79.6 cm³/mol. The van der Waals surface area contributed by atoms with Crippen molar-refractivity contribution in [1.82, 2.24) is 15.2 Å². The van der Waals surface area contributed by atoms with Crippen LogP contribution in [0, 0.1) is 0 Å². The van der Waals surface area contributed by atoms with Crippen molar-refractivity contribution in [2.75, 3.05) is 26.2 Å². The van der Waals surface area contributed by atoms with E-state index in [1.165, 1.54) is 6.20 Å². The molecule has 0 amide bonds. The lowest BCUT2D eigenvalue weighted by molar-refractivity contribution is 0.0180. The van der Waals surface area contributed by atoms with E-state index in [0.717, 1.165) is 13.1 Å². The zero-order valence-electron chi connectivity index (χ0n) is 10.1. The molecule has 0 unspecified atom stereocenters. The van der Waals surface area contributed by atoms with Gasteiger partial charge in [-0.25, -0.2) is 13.8 Å². The first-order chi connectivity index (χ1) is 8.18. The second-order valence-corrected chi connectivity index (χ2v) is 4.79. The quantitative estimate of drug-likeness (QED) is 0.819. The second-order valence-electron chi connectivity index (χ2n) is 3.98. The third kappa shape index (κ3) is 5.11. The van der Waals surface area contributed by atoms with E-state index in [1.807, 2.05) is 4.90 Å². The summed E-state index contributed by atoms with van der Waals surface area (Å²) in [7, 11) is 0. The Kier molecular flexibility index (Phi) is 9.02. The van der Waals surface area contributed by atoms with Crippen molar-refractivity contribution >= 4 is 40.7 Å². The Morgan fingerprint density at radius 1 is 1.21 bits per heavy atom. The minimum atomic E-state index is -2.39. The molecule has 0 saturated carbocycles. The molecule has 1 aromatic heterocycles. The van der Waals surface area contributed by atoms with Gasteiger partial charge in [-0.3, -0.25) is 4.90 Å². The number of pyridine rings is 1. The van der Waals surface area contributed by atoms with Gasteiger partial charge in [0.05, 0.1) is 6.04 Å². The summed E-state index contributed by atoms with van der Waals surface area (Å²) >= 11 is 3.21. The van der Waals surface area contributed by atoms with Crippen molar-refractivity contribution in [2.24, 2.45) is 0 Å². The molecule has 1 aliphatic heterocycles. The van der Waals surface area contributed by atoms with Crippen LogP contribution in [-0.4, -0.2) is 42.5 Å². The fourth-order valence-corrected chi connectivity index (χ4v) is 2.27. The lowest BCUT2D eigenvalue weighted by Crippen LogP contribution is -2.46. The molecule has 1 N–H and O–H groups in total. The largest absolute Gasteiger partial charge is 0.314 e. The molecule has 0 radical (unpaired) electrons. The number of nitrogens with one attached hydrogen (secondary N) is 1. The molecule has 2 heterocycles. The average molecular weight is 379 g/mol. The van der Waals surface area contributed by atoms with Crippen LogP contribution in [0.3, 0.4) is 0 Å². The van der Waals surface area contributed by atoms with Crippen LogP contribution in [0.2, 0.25) is 0 Å². The minimum Gasteiger partial charge on any atom is -0.314 e.